The van der Waals surface area contributed by atoms with Crippen molar-refractivity contribution in [3.8, 4) is 0 Å². The molecule has 0 saturated heterocycles. The number of carbonyl (C=O) groups excluding carboxylic acids is 2. The summed E-state index contributed by atoms with van der Waals surface area (Å²) in [7, 11) is 0. The molecular formula is C19H25BrN4O2S. The molecule has 1 aromatic carbocycles. The number of urea groups is 1. The fourth-order valence-electron chi connectivity index (χ4n) is 2.54. The number of carbonyl (C=O) groups is 2. The number of thiazole rings is 1. The Bertz CT molecular complexity index is 864. The molecule has 0 unspecified atom stereocenters. The summed E-state index contributed by atoms with van der Waals surface area (Å²) in [6.45, 7) is 10.5. The smallest absolute Gasteiger partial charge is 0.321 e. The van der Waals surface area contributed by atoms with Crippen LogP contribution >= 0.6 is 27.3 Å². The number of unbranched alkanes of at least 4 members (excludes halogenated alkanes) is 1. The van der Waals surface area contributed by atoms with Gasteiger partial charge in [-0.25, -0.2) is 9.78 Å². The van der Waals surface area contributed by atoms with E-state index in [2.05, 4.69) is 43.8 Å². The lowest BCUT2D eigenvalue weighted by molar-refractivity contribution is 0.102. The molecule has 0 fully saturated rings. The number of hydrogen-bond donors (Lipinski definition) is 3. The summed E-state index contributed by atoms with van der Waals surface area (Å²) in [6, 6.07) is 1.68. The normalized spacial score (nSPS) is 10.6. The fraction of sp³-hybridized carbons (Fsp3) is 0.421. The second-order valence-corrected chi connectivity index (χ2v) is 8.28. The Hall–Kier alpha value is -1.93. The van der Waals surface area contributed by atoms with E-state index in [4.69, 9.17) is 0 Å². The van der Waals surface area contributed by atoms with Crippen LogP contribution in [0, 0.1) is 27.7 Å². The van der Waals surface area contributed by atoms with E-state index in [1.165, 1.54) is 0 Å². The average Bonchev–Trinajstić information content (AvgIpc) is 2.97. The number of nitrogens with one attached hydrogen (secondary N) is 3. The molecule has 0 saturated carbocycles. The zero-order chi connectivity index (χ0) is 20.1. The Morgan fingerprint density at radius 2 is 1.85 bits per heavy atom. The highest BCUT2D eigenvalue weighted by molar-refractivity contribution is 9.10. The third-order valence-electron chi connectivity index (χ3n) is 4.39. The lowest BCUT2D eigenvalue weighted by Gasteiger charge is -2.14. The summed E-state index contributed by atoms with van der Waals surface area (Å²) in [4.78, 5) is 29.4. The van der Waals surface area contributed by atoms with Crippen molar-refractivity contribution in [2.24, 2.45) is 0 Å². The monoisotopic (exact) mass is 452 g/mol. The highest BCUT2D eigenvalue weighted by Gasteiger charge is 2.19. The van der Waals surface area contributed by atoms with E-state index < -0.39 is 0 Å². The van der Waals surface area contributed by atoms with E-state index in [1.54, 1.807) is 6.92 Å². The van der Waals surface area contributed by atoms with E-state index in [1.807, 2.05) is 26.8 Å². The number of nitrogens with zero attached hydrogens (tertiary/aromatic N) is 1. The molecule has 8 heteroatoms. The van der Waals surface area contributed by atoms with Crippen LogP contribution in [0.4, 0.5) is 15.6 Å². The molecule has 3 amide bonds. The van der Waals surface area contributed by atoms with Gasteiger partial charge in [0.1, 0.15) is 4.88 Å². The van der Waals surface area contributed by atoms with Gasteiger partial charge in [0.15, 0.2) is 5.13 Å². The lowest BCUT2D eigenvalue weighted by Crippen LogP contribution is -2.29. The zero-order valence-electron chi connectivity index (χ0n) is 16.2. The Morgan fingerprint density at radius 1 is 1.15 bits per heavy atom. The number of benzene rings is 1. The number of aryl methyl sites for hydroxylation is 2. The molecule has 1 aromatic heterocycles. The van der Waals surface area contributed by atoms with Crippen LogP contribution < -0.4 is 16.0 Å². The first-order valence-corrected chi connectivity index (χ1v) is 10.5. The van der Waals surface area contributed by atoms with Gasteiger partial charge in [-0.3, -0.25) is 10.1 Å². The zero-order valence-corrected chi connectivity index (χ0v) is 18.7. The first-order valence-electron chi connectivity index (χ1n) is 8.84. The second-order valence-electron chi connectivity index (χ2n) is 6.42. The summed E-state index contributed by atoms with van der Waals surface area (Å²) < 4.78 is 0.840. The highest BCUT2D eigenvalue weighted by Crippen LogP contribution is 2.32. The van der Waals surface area contributed by atoms with Crippen molar-refractivity contribution in [1.29, 1.82) is 0 Å². The summed E-state index contributed by atoms with van der Waals surface area (Å²) >= 11 is 4.69. The maximum atomic E-state index is 12.8. The number of halogens is 1. The SMILES string of the molecule is CCCCNC(=O)Nc1nc(C)c(C(=O)Nc2c(Br)cc(C)c(C)c2C)s1. The third-order valence-corrected chi connectivity index (χ3v) is 6.09. The van der Waals surface area contributed by atoms with Gasteiger partial charge >= 0.3 is 6.03 Å². The van der Waals surface area contributed by atoms with Gasteiger partial charge in [-0.05, 0) is 72.8 Å². The molecule has 0 spiro atoms. The van der Waals surface area contributed by atoms with E-state index in [9.17, 15) is 9.59 Å². The van der Waals surface area contributed by atoms with Crippen LogP contribution in [-0.2, 0) is 0 Å². The minimum atomic E-state index is -0.308. The number of rotatable bonds is 6. The van der Waals surface area contributed by atoms with Crippen LogP contribution in [0.3, 0.4) is 0 Å². The summed E-state index contributed by atoms with van der Waals surface area (Å²) in [5, 5.41) is 8.83. The number of aromatic nitrogens is 1. The maximum Gasteiger partial charge on any atom is 0.321 e. The van der Waals surface area contributed by atoms with Gasteiger partial charge in [-0.1, -0.05) is 24.7 Å². The Kier molecular flexibility index (Phi) is 7.38. The maximum absolute atomic E-state index is 12.8. The average molecular weight is 453 g/mol. The third kappa shape index (κ3) is 5.29. The van der Waals surface area contributed by atoms with Crippen molar-refractivity contribution in [2.75, 3.05) is 17.2 Å². The molecule has 0 aliphatic carbocycles. The molecule has 2 rings (SSSR count). The van der Waals surface area contributed by atoms with Crippen LogP contribution in [0.1, 0.15) is 51.8 Å². The Morgan fingerprint density at radius 3 is 2.52 bits per heavy atom. The molecule has 2 aromatic rings. The van der Waals surface area contributed by atoms with Crippen molar-refractivity contribution in [3.63, 3.8) is 0 Å². The van der Waals surface area contributed by atoms with Crippen LogP contribution in [-0.4, -0.2) is 23.5 Å². The van der Waals surface area contributed by atoms with Crippen LogP contribution in [0.25, 0.3) is 0 Å². The van der Waals surface area contributed by atoms with E-state index in [0.29, 0.717) is 22.2 Å². The van der Waals surface area contributed by atoms with Gasteiger partial charge in [0.2, 0.25) is 0 Å². The largest absolute Gasteiger partial charge is 0.338 e. The first-order chi connectivity index (χ1) is 12.7. The lowest BCUT2D eigenvalue weighted by atomic mass is 10.0. The summed E-state index contributed by atoms with van der Waals surface area (Å²) in [6.07, 6.45) is 1.93. The number of amides is 3. The molecule has 0 bridgehead atoms. The van der Waals surface area contributed by atoms with Gasteiger partial charge in [0.05, 0.1) is 11.4 Å². The first kappa shape index (κ1) is 21.4. The van der Waals surface area contributed by atoms with Crippen molar-refractivity contribution < 1.29 is 9.59 Å². The molecular weight excluding hydrogens is 428 g/mol. The van der Waals surface area contributed by atoms with E-state index in [-0.39, 0.29) is 11.9 Å². The molecule has 0 radical (unpaired) electrons. The van der Waals surface area contributed by atoms with Gasteiger partial charge in [0, 0.05) is 11.0 Å². The standard InChI is InChI=1S/C19H25BrN4O2S/c1-6-7-8-21-18(26)24-19-22-13(5)16(27-19)17(25)23-15-12(4)11(3)10(2)9-14(15)20/h9H,6-8H2,1-5H3,(H,23,25)(H2,21,22,24,26). The van der Waals surface area contributed by atoms with Crippen molar-refractivity contribution in [3.05, 3.63) is 37.8 Å². The quantitative estimate of drug-likeness (QED) is 0.518. The molecule has 27 heavy (non-hydrogen) atoms. The summed E-state index contributed by atoms with van der Waals surface area (Å²) in [5.41, 5.74) is 4.65. The van der Waals surface area contributed by atoms with Crippen molar-refractivity contribution in [2.45, 2.75) is 47.5 Å². The molecule has 1 heterocycles. The molecule has 0 aliphatic heterocycles. The van der Waals surface area contributed by atoms with Crippen LogP contribution in [0.5, 0.6) is 0 Å². The minimum absolute atomic E-state index is 0.239. The molecule has 6 nitrogen and oxygen atoms in total. The predicted molar refractivity (Wildman–Crippen MR) is 115 cm³/mol. The Labute approximate surface area is 172 Å². The molecule has 3 N–H and O–H groups in total. The predicted octanol–water partition coefficient (Wildman–Crippen LogP) is 5.31. The van der Waals surface area contributed by atoms with Crippen molar-refractivity contribution >= 4 is 50.0 Å². The summed E-state index contributed by atoms with van der Waals surface area (Å²) in [5.74, 6) is -0.239. The highest BCUT2D eigenvalue weighted by atomic mass is 79.9. The molecule has 0 aliphatic rings. The van der Waals surface area contributed by atoms with Crippen LogP contribution in [0.15, 0.2) is 10.5 Å². The van der Waals surface area contributed by atoms with Gasteiger partial charge in [0.25, 0.3) is 5.91 Å². The van der Waals surface area contributed by atoms with Gasteiger partial charge in [-0.15, -0.1) is 0 Å². The Balaban J connectivity index is 2.13. The fourth-order valence-corrected chi connectivity index (χ4v) is 4.13. The second kappa shape index (κ2) is 9.32. The molecule has 146 valence electrons. The minimum Gasteiger partial charge on any atom is -0.338 e. The van der Waals surface area contributed by atoms with Gasteiger partial charge in [-0.2, -0.15) is 0 Å². The van der Waals surface area contributed by atoms with Gasteiger partial charge < -0.3 is 10.6 Å². The van der Waals surface area contributed by atoms with E-state index >= 15 is 0 Å². The van der Waals surface area contributed by atoms with E-state index in [0.717, 1.165) is 51.0 Å². The molecule has 0 atom stereocenters. The number of anilines is 2. The van der Waals surface area contributed by atoms with Crippen molar-refractivity contribution in [1.82, 2.24) is 10.3 Å². The topological polar surface area (TPSA) is 83.1 Å². The van der Waals surface area contributed by atoms with Crippen LogP contribution in [0.2, 0.25) is 0 Å². The number of hydrogen-bond acceptors (Lipinski definition) is 4.